The second kappa shape index (κ2) is 7.09. The zero-order valence-electron chi connectivity index (χ0n) is 12.0. The lowest BCUT2D eigenvalue weighted by atomic mass is 9.91. The van der Waals surface area contributed by atoms with E-state index in [-0.39, 0.29) is 12.4 Å². The van der Waals surface area contributed by atoms with E-state index in [0.29, 0.717) is 17.5 Å². The fourth-order valence-corrected chi connectivity index (χ4v) is 3.02. The molecule has 3 nitrogen and oxygen atoms in total. The molecule has 1 heterocycles. The fraction of sp³-hybridized carbons (Fsp3) is 1.00. The van der Waals surface area contributed by atoms with Crippen molar-refractivity contribution in [3.63, 3.8) is 0 Å². The van der Waals surface area contributed by atoms with Gasteiger partial charge >= 0.3 is 0 Å². The molecule has 1 saturated carbocycles. The molecule has 0 amide bonds. The molecule has 0 radical (unpaired) electrons. The lowest BCUT2D eigenvalue weighted by Crippen LogP contribution is -2.51. The lowest BCUT2D eigenvalue weighted by molar-refractivity contribution is 0.0519. The molecule has 108 valence electrons. The number of morpholine rings is 1. The van der Waals surface area contributed by atoms with Gasteiger partial charge in [-0.05, 0) is 24.2 Å². The Hall–Kier alpha value is 0.170. The standard InChI is InChI=1S/C14H28N2O.ClH/c1-14(2,3)10-16-12-6-4-5-11(12)13-9-17-8-7-15-13;/h11-13,15-16H,4-10H2,1-3H3;1H. The van der Waals surface area contributed by atoms with Gasteiger partial charge < -0.3 is 15.4 Å². The molecule has 2 fully saturated rings. The highest BCUT2D eigenvalue weighted by Gasteiger charge is 2.34. The summed E-state index contributed by atoms with van der Waals surface area (Å²) in [6.07, 6.45) is 4.05. The first kappa shape index (κ1) is 16.2. The smallest absolute Gasteiger partial charge is 0.0623 e. The Labute approximate surface area is 118 Å². The first-order valence-corrected chi connectivity index (χ1v) is 7.11. The average molecular weight is 277 g/mol. The highest BCUT2D eigenvalue weighted by atomic mass is 35.5. The largest absolute Gasteiger partial charge is 0.379 e. The Bertz CT molecular complexity index is 236. The number of halogens is 1. The number of ether oxygens (including phenoxy) is 1. The molecule has 0 spiro atoms. The molecule has 3 atom stereocenters. The van der Waals surface area contributed by atoms with Gasteiger partial charge in [0.2, 0.25) is 0 Å². The molecule has 2 rings (SSSR count). The summed E-state index contributed by atoms with van der Waals surface area (Å²) >= 11 is 0. The Morgan fingerprint density at radius 3 is 2.67 bits per heavy atom. The molecule has 2 N–H and O–H groups in total. The van der Waals surface area contributed by atoms with E-state index in [2.05, 4.69) is 31.4 Å². The summed E-state index contributed by atoms with van der Waals surface area (Å²) in [5.74, 6) is 0.762. The van der Waals surface area contributed by atoms with Crippen LogP contribution in [0.3, 0.4) is 0 Å². The second-order valence-electron chi connectivity index (χ2n) is 6.78. The number of rotatable bonds is 3. The molecule has 0 aromatic heterocycles. The third-order valence-electron chi connectivity index (χ3n) is 3.93. The van der Waals surface area contributed by atoms with Crippen molar-refractivity contribution in [3.05, 3.63) is 0 Å². The first-order chi connectivity index (χ1) is 8.06. The van der Waals surface area contributed by atoms with Gasteiger partial charge in [-0.1, -0.05) is 27.2 Å². The summed E-state index contributed by atoms with van der Waals surface area (Å²) in [5, 5.41) is 7.40. The highest BCUT2D eigenvalue weighted by molar-refractivity contribution is 5.85. The molecule has 0 aromatic carbocycles. The van der Waals surface area contributed by atoms with E-state index in [9.17, 15) is 0 Å². The molecular formula is C14H29ClN2O. The molecule has 1 saturated heterocycles. The molecular weight excluding hydrogens is 248 g/mol. The lowest BCUT2D eigenvalue weighted by Gasteiger charge is -2.34. The monoisotopic (exact) mass is 276 g/mol. The highest BCUT2D eigenvalue weighted by Crippen LogP contribution is 2.30. The van der Waals surface area contributed by atoms with Crippen LogP contribution in [0.15, 0.2) is 0 Å². The van der Waals surface area contributed by atoms with E-state index in [1.54, 1.807) is 0 Å². The first-order valence-electron chi connectivity index (χ1n) is 7.11. The van der Waals surface area contributed by atoms with E-state index in [0.717, 1.165) is 32.2 Å². The van der Waals surface area contributed by atoms with E-state index in [4.69, 9.17) is 4.74 Å². The summed E-state index contributed by atoms with van der Waals surface area (Å²) < 4.78 is 5.60. The van der Waals surface area contributed by atoms with Gasteiger partial charge in [-0.3, -0.25) is 0 Å². The Kier molecular flexibility index (Phi) is 6.39. The molecule has 3 unspecified atom stereocenters. The van der Waals surface area contributed by atoms with E-state index in [1.807, 2.05) is 0 Å². The second-order valence-corrected chi connectivity index (χ2v) is 6.78. The van der Waals surface area contributed by atoms with Crippen LogP contribution in [0.1, 0.15) is 40.0 Å². The molecule has 2 aliphatic rings. The van der Waals surface area contributed by atoms with Crippen LogP contribution in [0.4, 0.5) is 0 Å². The van der Waals surface area contributed by atoms with Crippen molar-refractivity contribution in [1.82, 2.24) is 10.6 Å². The van der Waals surface area contributed by atoms with E-state index in [1.165, 1.54) is 19.3 Å². The molecule has 0 bridgehead atoms. The van der Waals surface area contributed by atoms with Gasteiger partial charge in [-0.2, -0.15) is 0 Å². The quantitative estimate of drug-likeness (QED) is 0.829. The molecule has 1 aliphatic carbocycles. The van der Waals surface area contributed by atoms with Crippen molar-refractivity contribution in [2.45, 2.75) is 52.1 Å². The van der Waals surface area contributed by atoms with Crippen molar-refractivity contribution in [2.24, 2.45) is 11.3 Å². The van der Waals surface area contributed by atoms with Gasteiger partial charge in [0.15, 0.2) is 0 Å². The molecule has 0 aromatic rings. The third-order valence-corrected chi connectivity index (χ3v) is 3.93. The molecule has 4 heteroatoms. The van der Waals surface area contributed by atoms with Crippen LogP contribution < -0.4 is 10.6 Å². The predicted octanol–water partition coefficient (Wildman–Crippen LogP) is 2.20. The zero-order valence-corrected chi connectivity index (χ0v) is 12.8. The number of hydrogen-bond donors (Lipinski definition) is 2. The minimum atomic E-state index is 0. The van der Waals surface area contributed by atoms with Crippen LogP contribution in [0.25, 0.3) is 0 Å². The number of hydrogen-bond acceptors (Lipinski definition) is 3. The fourth-order valence-electron chi connectivity index (χ4n) is 3.02. The van der Waals surface area contributed by atoms with Crippen molar-refractivity contribution in [2.75, 3.05) is 26.3 Å². The predicted molar refractivity (Wildman–Crippen MR) is 78.4 cm³/mol. The van der Waals surface area contributed by atoms with Crippen LogP contribution in [0.5, 0.6) is 0 Å². The van der Waals surface area contributed by atoms with Crippen molar-refractivity contribution in [3.8, 4) is 0 Å². The van der Waals surface area contributed by atoms with Crippen LogP contribution in [0.2, 0.25) is 0 Å². The maximum absolute atomic E-state index is 5.60. The third kappa shape index (κ3) is 4.69. The molecule has 18 heavy (non-hydrogen) atoms. The Morgan fingerprint density at radius 2 is 2.06 bits per heavy atom. The van der Waals surface area contributed by atoms with Crippen LogP contribution in [0, 0.1) is 11.3 Å². The normalized spacial score (nSPS) is 33.2. The van der Waals surface area contributed by atoms with E-state index >= 15 is 0 Å². The van der Waals surface area contributed by atoms with Gasteiger partial charge in [0.1, 0.15) is 0 Å². The van der Waals surface area contributed by atoms with Gasteiger partial charge in [0.05, 0.1) is 13.2 Å². The average Bonchev–Trinajstić information content (AvgIpc) is 2.75. The van der Waals surface area contributed by atoms with Gasteiger partial charge in [-0.25, -0.2) is 0 Å². The summed E-state index contributed by atoms with van der Waals surface area (Å²) in [5.41, 5.74) is 0.379. The van der Waals surface area contributed by atoms with Crippen molar-refractivity contribution < 1.29 is 4.74 Å². The van der Waals surface area contributed by atoms with Crippen LogP contribution in [-0.4, -0.2) is 38.4 Å². The summed E-state index contributed by atoms with van der Waals surface area (Å²) in [7, 11) is 0. The number of nitrogens with one attached hydrogen (secondary N) is 2. The topological polar surface area (TPSA) is 33.3 Å². The maximum atomic E-state index is 5.60. The molecule has 1 aliphatic heterocycles. The van der Waals surface area contributed by atoms with Gasteiger partial charge in [0.25, 0.3) is 0 Å². The Balaban J connectivity index is 0.00000162. The summed E-state index contributed by atoms with van der Waals surface area (Å²) in [6, 6.07) is 1.26. The van der Waals surface area contributed by atoms with Crippen LogP contribution in [-0.2, 0) is 4.74 Å². The van der Waals surface area contributed by atoms with Crippen molar-refractivity contribution >= 4 is 12.4 Å². The SMILES string of the molecule is CC(C)(C)CNC1CCCC1C1COCCN1.Cl. The zero-order chi connectivity index (χ0) is 12.3. The summed E-state index contributed by atoms with van der Waals surface area (Å²) in [4.78, 5) is 0. The van der Waals surface area contributed by atoms with Gasteiger partial charge in [0, 0.05) is 25.2 Å². The van der Waals surface area contributed by atoms with E-state index < -0.39 is 0 Å². The maximum Gasteiger partial charge on any atom is 0.0623 e. The minimum Gasteiger partial charge on any atom is -0.379 e. The minimum absolute atomic E-state index is 0. The van der Waals surface area contributed by atoms with Crippen LogP contribution >= 0.6 is 12.4 Å². The Morgan fingerprint density at radius 1 is 1.28 bits per heavy atom. The van der Waals surface area contributed by atoms with Crippen molar-refractivity contribution in [1.29, 1.82) is 0 Å². The summed E-state index contributed by atoms with van der Waals surface area (Å²) in [6.45, 7) is 10.8. The van der Waals surface area contributed by atoms with Gasteiger partial charge in [-0.15, -0.1) is 12.4 Å².